The van der Waals surface area contributed by atoms with Crippen LogP contribution in [0.5, 0.6) is 0 Å². The van der Waals surface area contributed by atoms with Crippen LogP contribution in [0, 0.1) is 6.92 Å². The van der Waals surface area contributed by atoms with Crippen molar-refractivity contribution < 1.29 is 0 Å². The maximum atomic E-state index is 5.65. The second-order valence-corrected chi connectivity index (χ2v) is 4.89. The highest BCUT2D eigenvalue weighted by Gasteiger charge is 2.08. The molecule has 96 valence electrons. The largest absolute Gasteiger partial charge is 0.358 e. The van der Waals surface area contributed by atoms with E-state index in [9.17, 15) is 0 Å². The van der Waals surface area contributed by atoms with E-state index in [1.807, 2.05) is 6.07 Å². The predicted molar refractivity (Wildman–Crippen MR) is 81.2 cm³/mol. The van der Waals surface area contributed by atoms with E-state index in [0.717, 1.165) is 6.42 Å². The van der Waals surface area contributed by atoms with Gasteiger partial charge < -0.3 is 10.7 Å². The molecule has 0 amide bonds. The first-order chi connectivity index (χ1) is 9.29. The van der Waals surface area contributed by atoms with Crippen LogP contribution in [0.3, 0.4) is 0 Å². The molecule has 0 bridgehead atoms. The van der Waals surface area contributed by atoms with Gasteiger partial charge in [-0.2, -0.15) is 0 Å². The van der Waals surface area contributed by atoms with Crippen LogP contribution in [-0.4, -0.2) is 11.5 Å². The first-order valence-corrected chi connectivity index (χ1v) is 6.66. The van der Waals surface area contributed by atoms with E-state index >= 15 is 0 Å². The maximum Gasteiger partial charge on any atom is 0.0459 e. The summed E-state index contributed by atoms with van der Waals surface area (Å²) in [6, 6.07) is 17.1. The third-order valence-corrected chi connectivity index (χ3v) is 3.66. The van der Waals surface area contributed by atoms with Gasteiger partial charge in [-0.3, -0.25) is 0 Å². The van der Waals surface area contributed by atoms with Crippen molar-refractivity contribution in [1.29, 1.82) is 0 Å². The van der Waals surface area contributed by atoms with Crippen molar-refractivity contribution in [2.75, 3.05) is 6.54 Å². The smallest absolute Gasteiger partial charge is 0.0459 e. The Morgan fingerprint density at radius 1 is 1.00 bits per heavy atom. The molecular weight excluding hydrogens is 232 g/mol. The van der Waals surface area contributed by atoms with Crippen molar-refractivity contribution in [2.45, 2.75) is 13.3 Å². The summed E-state index contributed by atoms with van der Waals surface area (Å²) in [5.74, 6) is 0. The minimum Gasteiger partial charge on any atom is -0.358 e. The summed E-state index contributed by atoms with van der Waals surface area (Å²) in [7, 11) is 0. The zero-order chi connectivity index (χ0) is 13.2. The normalized spacial score (nSPS) is 11.1. The van der Waals surface area contributed by atoms with Gasteiger partial charge in [-0.05, 0) is 42.3 Å². The van der Waals surface area contributed by atoms with Crippen molar-refractivity contribution >= 4 is 10.9 Å². The molecule has 19 heavy (non-hydrogen) atoms. The Kier molecular flexibility index (Phi) is 3.10. The van der Waals surface area contributed by atoms with Gasteiger partial charge in [-0.15, -0.1) is 0 Å². The zero-order valence-corrected chi connectivity index (χ0v) is 11.1. The number of nitrogens with two attached hydrogens (primary N) is 1. The van der Waals surface area contributed by atoms with E-state index in [4.69, 9.17) is 5.73 Å². The number of aromatic amines is 1. The molecule has 0 aliphatic rings. The van der Waals surface area contributed by atoms with Crippen molar-refractivity contribution in [3.8, 4) is 11.1 Å². The van der Waals surface area contributed by atoms with Gasteiger partial charge in [0.2, 0.25) is 0 Å². The highest BCUT2D eigenvalue weighted by Crippen LogP contribution is 2.28. The third kappa shape index (κ3) is 2.15. The molecule has 0 unspecified atom stereocenters. The van der Waals surface area contributed by atoms with Gasteiger partial charge in [0, 0.05) is 23.0 Å². The minimum atomic E-state index is 0.680. The number of benzene rings is 2. The molecule has 3 aromatic rings. The van der Waals surface area contributed by atoms with E-state index in [1.165, 1.54) is 33.3 Å². The summed E-state index contributed by atoms with van der Waals surface area (Å²) >= 11 is 0. The lowest BCUT2D eigenvalue weighted by molar-refractivity contribution is 0.930. The molecule has 2 heteroatoms. The summed E-state index contributed by atoms with van der Waals surface area (Å²) in [5.41, 5.74) is 11.9. The van der Waals surface area contributed by atoms with Gasteiger partial charge in [0.15, 0.2) is 0 Å². The molecule has 2 aromatic carbocycles. The summed E-state index contributed by atoms with van der Waals surface area (Å²) in [5, 5.41) is 1.30. The van der Waals surface area contributed by atoms with Crippen molar-refractivity contribution in [1.82, 2.24) is 4.98 Å². The van der Waals surface area contributed by atoms with E-state index in [0.29, 0.717) is 6.54 Å². The van der Waals surface area contributed by atoms with Crippen LogP contribution >= 0.6 is 0 Å². The Hall–Kier alpha value is -2.06. The molecule has 0 atom stereocenters. The molecule has 0 saturated heterocycles. The quantitative estimate of drug-likeness (QED) is 0.732. The maximum absolute atomic E-state index is 5.65. The molecule has 1 heterocycles. The van der Waals surface area contributed by atoms with Crippen molar-refractivity contribution in [3.05, 3.63) is 59.8 Å². The Balaban J connectivity index is 2.13. The summed E-state index contributed by atoms with van der Waals surface area (Å²) in [4.78, 5) is 3.46. The number of H-pyrrole nitrogens is 1. The van der Waals surface area contributed by atoms with Crippen LogP contribution in [0.25, 0.3) is 22.0 Å². The fraction of sp³-hybridized carbons (Fsp3) is 0.176. The molecule has 0 aliphatic carbocycles. The number of aromatic nitrogens is 1. The van der Waals surface area contributed by atoms with E-state index < -0.39 is 0 Å². The van der Waals surface area contributed by atoms with Gasteiger partial charge in [0.1, 0.15) is 0 Å². The van der Waals surface area contributed by atoms with E-state index in [2.05, 4.69) is 54.4 Å². The van der Waals surface area contributed by atoms with Crippen LogP contribution in [0.15, 0.2) is 48.5 Å². The van der Waals surface area contributed by atoms with Crippen molar-refractivity contribution in [3.63, 3.8) is 0 Å². The van der Waals surface area contributed by atoms with E-state index in [-0.39, 0.29) is 0 Å². The molecule has 0 spiro atoms. The molecule has 0 saturated carbocycles. The summed E-state index contributed by atoms with van der Waals surface area (Å²) in [6.07, 6.45) is 0.904. The van der Waals surface area contributed by atoms with Gasteiger partial charge >= 0.3 is 0 Å². The highest BCUT2D eigenvalue weighted by molar-refractivity contribution is 5.88. The average Bonchev–Trinajstić information content (AvgIpc) is 2.77. The van der Waals surface area contributed by atoms with Gasteiger partial charge in [-0.1, -0.05) is 36.4 Å². The van der Waals surface area contributed by atoms with Crippen LogP contribution in [-0.2, 0) is 6.42 Å². The second kappa shape index (κ2) is 4.90. The lowest BCUT2D eigenvalue weighted by Gasteiger charge is -2.02. The number of hydrogen-bond acceptors (Lipinski definition) is 1. The van der Waals surface area contributed by atoms with Gasteiger partial charge in [-0.25, -0.2) is 0 Å². The fourth-order valence-electron chi connectivity index (χ4n) is 2.59. The Morgan fingerprint density at radius 3 is 2.53 bits per heavy atom. The first kappa shape index (κ1) is 12.0. The lowest BCUT2D eigenvalue weighted by Crippen LogP contribution is -2.03. The minimum absolute atomic E-state index is 0.680. The topological polar surface area (TPSA) is 41.8 Å². The monoisotopic (exact) mass is 250 g/mol. The number of aryl methyl sites for hydroxylation is 1. The van der Waals surface area contributed by atoms with Crippen LogP contribution in [0.4, 0.5) is 0 Å². The number of nitrogens with one attached hydrogen (secondary N) is 1. The summed E-state index contributed by atoms with van der Waals surface area (Å²) in [6.45, 7) is 2.85. The lowest BCUT2D eigenvalue weighted by atomic mass is 10.0. The van der Waals surface area contributed by atoms with Crippen LogP contribution in [0.1, 0.15) is 11.3 Å². The van der Waals surface area contributed by atoms with Gasteiger partial charge in [0.05, 0.1) is 0 Å². The SMILES string of the molecule is Cc1c(CCN)[nH]c2ccc(-c3ccccc3)cc12. The molecule has 0 aliphatic heterocycles. The predicted octanol–water partition coefficient (Wildman–Crippen LogP) is 3.64. The molecule has 3 N–H and O–H groups in total. The number of fused-ring (bicyclic) bond motifs is 1. The Morgan fingerprint density at radius 2 is 1.79 bits per heavy atom. The standard InChI is InChI=1S/C17H18N2/c1-12-15-11-14(13-5-3-2-4-6-13)7-8-17(15)19-16(12)9-10-18/h2-8,11,19H,9-10,18H2,1H3. The summed E-state index contributed by atoms with van der Waals surface area (Å²) < 4.78 is 0. The third-order valence-electron chi connectivity index (χ3n) is 3.66. The Bertz CT molecular complexity index is 696. The van der Waals surface area contributed by atoms with Gasteiger partial charge in [0.25, 0.3) is 0 Å². The number of rotatable bonds is 3. The van der Waals surface area contributed by atoms with Crippen molar-refractivity contribution in [2.24, 2.45) is 5.73 Å². The molecule has 0 fully saturated rings. The van der Waals surface area contributed by atoms with Crippen LogP contribution < -0.4 is 5.73 Å². The number of hydrogen-bond donors (Lipinski definition) is 2. The second-order valence-electron chi connectivity index (χ2n) is 4.89. The highest BCUT2D eigenvalue weighted by atomic mass is 14.7. The molecule has 3 rings (SSSR count). The molecular formula is C17H18N2. The average molecular weight is 250 g/mol. The van der Waals surface area contributed by atoms with E-state index in [1.54, 1.807) is 0 Å². The van der Waals surface area contributed by atoms with Crippen LogP contribution in [0.2, 0.25) is 0 Å². The molecule has 2 nitrogen and oxygen atoms in total. The Labute approximate surface area is 113 Å². The molecule has 1 aromatic heterocycles. The zero-order valence-electron chi connectivity index (χ0n) is 11.1. The molecule has 0 radical (unpaired) electrons. The fourth-order valence-corrected chi connectivity index (χ4v) is 2.59. The first-order valence-electron chi connectivity index (χ1n) is 6.66.